The van der Waals surface area contributed by atoms with E-state index in [0.717, 1.165) is 13.0 Å². The lowest BCUT2D eigenvalue weighted by atomic mass is 9.67. The minimum Gasteiger partial charge on any atom is -0.384 e. The van der Waals surface area contributed by atoms with E-state index in [1.165, 1.54) is 11.1 Å². The highest BCUT2D eigenvalue weighted by atomic mass is 16.5. The molecule has 4 atom stereocenters. The molecule has 1 N–H and O–H groups in total. The Hall–Kier alpha value is -2.17. The Morgan fingerprint density at radius 1 is 1.11 bits per heavy atom. The van der Waals surface area contributed by atoms with Gasteiger partial charge in [-0.2, -0.15) is 0 Å². The summed E-state index contributed by atoms with van der Waals surface area (Å²) in [4.78, 5) is 12.9. The zero-order valence-corrected chi connectivity index (χ0v) is 15.7. The molecule has 1 aliphatic heterocycles. The average molecular weight is 365 g/mol. The van der Waals surface area contributed by atoms with Crippen molar-refractivity contribution in [1.82, 2.24) is 5.32 Å². The van der Waals surface area contributed by atoms with Gasteiger partial charge in [0.05, 0.1) is 12.7 Å². The molecule has 4 rings (SSSR count). The Bertz CT molecular complexity index is 709. The van der Waals surface area contributed by atoms with Crippen molar-refractivity contribution in [3.05, 3.63) is 71.8 Å². The van der Waals surface area contributed by atoms with E-state index in [9.17, 15) is 4.79 Å². The van der Waals surface area contributed by atoms with Crippen LogP contribution in [0.3, 0.4) is 0 Å². The number of rotatable bonds is 7. The molecule has 0 unspecified atom stereocenters. The van der Waals surface area contributed by atoms with Crippen molar-refractivity contribution >= 4 is 5.91 Å². The molecule has 2 aromatic carbocycles. The summed E-state index contributed by atoms with van der Waals surface area (Å²) in [5, 5.41) is 3.29. The second-order valence-electron chi connectivity index (χ2n) is 7.58. The Morgan fingerprint density at radius 3 is 2.33 bits per heavy atom. The lowest BCUT2D eigenvalue weighted by molar-refractivity contribution is -0.130. The van der Waals surface area contributed by atoms with Crippen LogP contribution in [0.15, 0.2) is 60.7 Å². The number of fused-ring (bicyclic) bond motifs is 1. The lowest BCUT2D eigenvalue weighted by Crippen LogP contribution is -2.62. The molecule has 0 bridgehead atoms. The fraction of sp³-hybridized carbons (Fsp3) is 0.435. The van der Waals surface area contributed by atoms with E-state index in [0.29, 0.717) is 18.9 Å². The molecule has 2 aliphatic rings. The average Bonchev–Trinajstić information content (AvgIpc) is 3.14. The number of hydrogen-bond acceptors (Lipinski definition) is 3. The highest BCUT2D eigenvalue weighted by Gasteiger charge is 2.54. The lowest BCUT2D eigenvalue weighted by Gasteiger charge is -2.47. The first-order chi connectivity index (χ1) is 13.3. The molecule has 0 spiro atoms. The highest BCUT2D eigenvalue weighted by molar-refractivity contribution is 5.78. The number of amides is 1. The van der Waals surface area contributed by atoms with Gasteiger partial charge in [0.1, 0.15) is 0 Å². The van der Waals surface area contributed by atoms with Crippen molar-refractivity contribution in [2.45, 2.75) is 30.9 Å². The van der Waals surface area contributed by atoms with Gasteiger partial charge in [-0.05, 0) is 17.5 Å². The molecule has 0 aromatic heterocycles. The van der Waals surface area contributed by atoms with Gasteiger partial charge < -0.3 is 14.8 Å². The van der Waals surface area contributed by atoms with E-state index in [-0.39, 0.29) is 29.9 Å². The van der Waals surface area contributed by atoms with Crippen LogP contribution in [0, 0.1) is 11.8 Å². The quantitative estimate of drug-likeness (QED) is 0.818. The Balaban J connectivity index is 1.47. The highest BCUT2D eigenvalue weighted by Crippen LogP contribution is 2.44. The van der Waals surface area contributed by atoms with Crippen LogP contribution < -0.4 is 5.32 Å². The summed E-state index contributed by atoms with van der Waals surface area (Å²) in [5.41, 5.74) is 2.34. The normalized spacial score (nSPS) is 26.4. The van der Waals surface area contributed by atoms with Gasteiger partial charge in [0.15, 0.2) is 0 Å². The molecule has 142 valence electrons. The molecular formula is C23H27NO3. The van der Waals surface area contributed by atoms with Crippen molar-refractivity contribution in [1.29, 1.82) is 0 Å². The van der Waals surface area contributed by atoms with Gasteiger partial charge in [0, 0.05) is 43.9 Å². The Morgan fingerprint density at radius 2 is 1.74 bits per heavy atom. The van der Waals surface area contributed by atoms with Crippen LogP contribution in [0.2, 0.25) is 0 Å². The first-order valence-corrected chi connectivity index (χ1v) is 9.77. The topological polar surface area (TPSA) is 47.6 Å². The molecule has 2 fully saturated rings. The summed E-state index contributed by atoms with van der Waals surface area (Å²) in [5.74, 6) is 0.854. The molecule has 1 heterocycles. The van der Waals surface area contributed by atoms with Crippen LogP contribution in [0.1, 0.15) is 29.9 Å². The third-order valence-electron chi connectivity index (χ3n) is 6.01. The van der Waals surface area contributed by atoms with Gasteiger partial charge in [0.25, 0.3) is 0 Å². The molecule has 27 heavy (non-hydrogen) atoms. The Labute approximate surface area is 160 Å². The first kappa shape index (κ1) is 18.2. The van der Waals surface area contributed by atoms with Crippen molar-refractivity contribution in [3.63, 3.8) is 0 Å². The van der Waals surface area contributed by atoms with Crippen LogP contribution >= 0.6 is 0 Å². The molecule has 1 saturated carbocycles. The SMILES string of the molecule is COC[C@@H]1[C@H](NC(=O)CC(c2ccccc2)c2ccccc2)[C@@H]2CCO[C@H]12. The summed E-state index contributed by atoms with van der Waals surface area (Å²) in [6, 6.07) is 20.7. The predicted octanol–water partition coefficient (Wildman–Crippen LogP) is 3.37. The zero-order chi connectivity index (χ0) is 18.6. The zero-order valence-electron chi connectivity index (χ0n) is 15.7. The van der Waals surface area contributed by atoms with Crippen LogP contribution in [0.4, 0.5) is 0 Å². The van der Waals surface area contributed by atoms with Gasteiger partial charge in [0.2, 0.25) is 5.91 Å². The first-order valence-electron chi connectivity index (χ1n) is 9.77. The largest absolute Gasteiger partial charge is 0.384 e. The predicted molar refractivity (Wildman–Crippen MR) is 104 cm³/mol. The van der Waals surface area contributed by atoms with E-state index in [4.69, 9.17) is 9.47 Å². The summed E-state index contributed by atoms with van der Waals surface area (Å²) < 4.78 is 11.2. The third-order valence-corrected chi connectivity index (χ3v) is 6.01. The maximum absolute atomic E-state index is 12.9. The molecular weight excluding hydrogens is 338 g/mol. The maximum Gasteiger partial charge on any atom is 0.221 e. The molecule has 1 aliphatic carbocycles. The minimum absolute atomic E-state index is 0.0592. The van der Waals surface area contributed by atoms with Crippen molar-refractivity contribution < 1.29 is 14.3 Å². The summed E-state index contributed by atoms with van der Waals surface area (Å²) in [6.45, 7) is 1.42. The molecule has 0 radical (unpaired) electrons. The number of carbonyl (C=O) groups excluding carboxylic acids is 1. The van der Waals surface area contributed by atoms with E-state index in [2.05, 4.69) is 29.6 Å². The smallest absolute Gasteiger partial charge is 0.221 e. The number of methoxy groups -OCH3 is 1. The van der Waals surface area contributed by atoms with Crippen LogP contribution in [-0.2, 0) is 14.3 Å². The van der Waals surface area contributed by atoms with Gasteiger partial charge in [-0.25, -0.2) is 0 Å². The fourth-order valence-corrected chi connectivity index (χ4v) is 4.66. The minimum atomic E-state index is 0.0592. The number of carbonyl (C=O) groups is 1. The Kier molecular flexibility index (Phi) is 5.55. The second kappa shape index (κ2) is 8.24. The van der Waals surface area contributed by atoms with Crippen molar-refractivity contribution in [2.75, 3.05) is 20.3 Å². The van der Waals surface area contributed by atoms with Gasteiger partial charge in [-0.3, -0.25) is 4.79 Å². The van der Waals surface area contributed by atoms with E-state index in [1.807, 2.05) is 36.4 Å². The monoisotopic (exact) mass is 365 g/mol. The van der Waals surface area contributed by atoms with E-state index in [1.54, 1.807) is 7.11 Å². The summed E-state index contributed by atoms with van der Waals surface area (Å²) in [7, 11) is 1.71. The van der Waals surface area contributed by atoms with Crippen LogP contribution in [0.25, 0.3) is 0 Å². The molecule has 1 amide bonds. The molecule has 2 aromatic rings. The number of ether oxygens (including phenoxy) is 2. The summed E-state index contributed by atoms with van der Waals surface area (Å²) >= 11 is 0. The third kappa shape index (κ3) is 3.78. The van der Waals surface area contributed by atoms with Crippen LogP contribution in [-0.4, -0.2) is 38.4 Å². The number of hydrogen-bond donors (Lipinski definition) is 1. The number of nitrogens with one attached hydrogen (secondary N) is 1. The standard InChI is InChI=1S/C23H27NO3/c1-26-15-20-22(18-12-13-27-23(18)20)24-21(25)14-19(16-8-4-2-5-9-16)17-10-6-3-7-11-17/h2-11,18-20,22-23H,12-15H2,1H3,(H,24,25)/t18-,20+,22+,23-/m0/s1. The van der Waals surface area contributed by atoms with Crippen molar-refractivity contribution in [2.24, 2.45) is 11.8 Å². The molecule has 4 heteroatoms. The van der Waals surface area contributed by atoms with E-state index >= 15 is 0 Å². The summed E-state index contributed by atoms with van der Waals surface area (Å²) in [6.07, 6.45) is 1.72. The molecule has 4 nitrogen and oxygen atoms in total. The second-order valence-corrected chi connectivity index (χ2v) is 7.58. The molecule has 1 saturated heterocycles. The number of benzene rings is 2. The maximum atomic E-state index is 12.9. The van der Waals surface area contributed by atoms with Gasteiger partial charge in [-0.1, -0.05) is 60.7 Å². The van der Waals surface area contributed by atoms with Crippen molar-refractivity contribution in [3.8, 4) is 0 Å². The fourth-order valence-electron chi connectivity index (χ4n) is 4.66. The van der Waals surface area contributed by atoms with Gasteiger partial charge in [-0.15, -0.1) is 0 Å². The van der Waals surface area contributed by atoms with Crippen LogP contribution in [0.5, 0.6) is 0 Å². The van der Waals surface area contributed by atoms with Gasteiger partial charge >= 0.3 is 0 Å². The van der Waals surface area contributed by atoms with E-state index < -0.39 is 0 Å².